The van der Waals surface area contributed by atoms with Crippen LogP contribution in [0, 0.1) is 0 Å². The van der Waals surface area contributed by atoms with Crippen molar-refractivity contribution in [2.24, 2.45) is 0 Å². The van der Waals surface area contributed by atoms with Gasteiger partial charge in [0.25, 0.3) is 5.91 Å². The SMILES string of the molecule is COC(=O)NC(C(=O)N1CCCC1C=O)c1ccccc1. The summed E-state index contributed by atoms with van der Waals surface area (Å²) in [5.74, 6) is -0.291. The fourth-order valence-electron chi connectivity index (χ4n) is 2.48. The minimum absolute atomic E-state index is 0.291. The van der Waals surface area contributed by atoms with Crippen LogP contribution in [0.25, 0.3) is 0 Å². The number of ether oxygens (including phenoxy) is 1. The Morgan fingerprint density at radius 1 is 1.38 bits per heavy atom. The Morgan fingerprint density at radius 2 is 2.10 bits per heavy atom. The molecule has 1 aliphatic heterocycles. The van der Waals surface area contributed by atoms with Gasteiger partial charge in [-0.2, -0.15) is 0 Å². The average Bonchev–Trinajstić information content (AvgIpc) is 3.01. The summed E-state index contributed by atoms with van der Waals surface area (Å²) in [5, 5.41) is 2.54. The van der Waals surface area contributed by atoms with E-state index in [0.717, 1.165) is 12.7 Å². The van der Waals surface area contributed by atoms with Crippen molar-refractivity contribution in [1.29, 1.82) is 0 Å². The molecule has 1 fully saturated rings. The first-order chi connectivity index (χ1) is 10.2. The van der Waals surface area contributed by atoms with Gasteiger partial charge in [-0.3, -0.25) is 4.79 Å². The van der Waals surface area contributed by atoms with Crippen molar-refractivity contribution >= 4 is 18.3 Å². The molecule has 6 nitrogen and oxygen atoms in total. The van der Waals surface area contributed by atoms with Gasteiger partial charge in [-0.05, 0) is 18.4 Å². The number of amides is 2. The monoisotopic (exact) mass is 290 g/mol. The summed E-state index contributed by atoms with van der Waals surface area (Å²) in [6.45, 7) is 0.522. The number of benzene rings is 1. The molecule has 0 radical (unpaired) electrons. The predicted octanol–water partition coefficient (Wildman–Crippen LogP) is 1.27. The molecule has 1 heterocycles. The van der Waals surface area contributed by atoms with Crippen LogP contribution in [0.2, 0.25) is 0 Å². The topological polar surface area (TPSA) is 75.7 Å². The summed E-state index contributed by atoms with van der Waals surface area (Å²) in [6, 6.07) is 7.65. The molecular weight excluding hydrogens is 272 g/mol. The molecule has 2 atom stereocenters. The molecule has 2 rings (SSSR count). The normalized spacial score (nSPS) is 18.9. The van der Waals surface area contributed by atoms with Crippen molar-refractivity contribution in [2.45, 2.75) is 24.9 Å². The van der Waals surface area contributed by atoms with Crippen LogP contribution in [-0.4, -0.2) is 42.9 Å². The Kier molecular flexibility index (Phi) is 4.92. The van der Waals surface area contributed by atoms with Gasteiger partial charge < -0.3 is 19.7 Å². The highest BCUT2D eigenvalue weighted by Crippen LogP contribution is 2.22. The molecule has 0 aliphatic carbocycles. The third-order valence-electron chi connectivity index (χ3n) is 3.57. The summed E-state index contributed by atoms with van der Waals surface area (Å²) in [6.07, 6.45) is 1.55. The fourth-order valence-corrected chi connectivity index (χ4v) is 2.48. The van der Waals surface area contributed by atoms with E-state index in [1.54, 1.807) is 24.3 Å². The first kappa shape index (κ1) is 15.0. The molecule has 1 N–H and O–H groups in total. The first-order valence-corrected chi connectivity index (χ1v) is 6.82. The zero-order chi connectivity index (χ0) is 15.2. The predicted molar refractivity (Wildman–Crippen MR) is 75.5 cm³/mol. The Balaban J connectivity index is 2.24. The van der Waals surface area contributed by atoms with Crippen molar-refractivity contribution in [3.8, 4) is 0 Å². The van der Waals surface area contributed by atoms with Crippen molar-refractivity contribution in [3.63, 3.8) is 0 Å². The van der Waals surface area contributed by atoms with E-state index in [0.29, 0.717) is 18.5 Å². The largest absolute Gasteiger partial charge is 0.453 e. The molecule has 0 bridgehead atoms. The summed E-state index contributed by atoms with van der Waals surface area (Å²) in [4.78, 5) is 36.7. The number of alkyl carbamates (subject to hydrolysis) is 1. The number of carbonyl (C=O) groups is 3. The molecule has 112 valence electrons. The Bertz CT molecular complexity index is 518. The van der Waals surface area contributed by atoms with Crippen LogP contribution in [0.4, 0.5) is 4.79 Å². The number of likely N-dealkylation sites (tertiary alicyclic amines) is 1. The lowest BCUT2D eigenvalue weighted by molar-refractivity contribution is -0.136. The highest BCUT2D eigenvalue weighted by Gasteiger charge is 2.34. The standard InChI is InChI=1S/C15H18N2O4/c1-21-15(20)16-13(11-6-3-2-4-7-11)14(19)17-9-5-8-12(17)10-18/h2-4,6-7,10,12-13H,5,8-9H2,1H3,(H,16,20). The van der Waals surface area contributed by atoms with Gasteiger partial charge in [0.2, 0.25) is 0 Å². The zero-order valence-corrected chi connectivity index (χ0v) is 11.8. The Hall–Kier alpha value is -2.37. The number of aldehydes is 1. The van der Waals surface area contributed by atoms with Gasteiger partial charge in [0.1, 0.15) is 12.3 Å². The van der Waals surface area contributed by atoms with E-state index in [1.807, 2.05) is 6.07 Å². The van der Waals surface area contributed by atoms with Gasteiger partial charge >= 0.3 is 6.09 Å². The molecule has 1 aliphatic rings. The van der Waals surface area contributed by atoms with Crippen molar-refractivity contribution in [2.75, 3.05) is 13.7 Å². The molecule has 0 aromatic heterocycles. The molecule has 1 aromatic rings. The van der Waals surface area contributed by atoms with E-state index in [1.165, 1.54) is 12.0 Å². The lowest BCUT2D eigenvalue weighted by Crippen LogP contribution is -2.45. The number of carbonyl (C=O) groups excluding carboxylic acids is 3. The van der Waals surface area contributed by atoms with Crippen LogP contribution in [0.3, 0.4) is 0 Å². The number of nitrogens with zero attached hydrogens (tertiary/aromatic N) is 1. The van der Waals surface area contributed by atoms with Gasteiger partial charge in [0.15, 0.2) is 0 Å². The highest BCUT2D eigenvalue weighted by molar-refractivity contribution is 5.89. The van der Waals surface area contributed by atoms with Crippen molar-refractivity contribution in [1.82, 2.24) is 10.2 Å². The smallest absolute Gasteiger partial charge is 0.407 e. The molecule has 2 amide bonds. The summed E-state index contributed by atoms with van der Waals surface area (Å²) < 4.78 is 4.58. The van der Waals surface area contributed by atoms with Crippen LogP contribution in [0.15, 0.2) is 30.3 Å². The number of hydrogen-bond acceptors (Lipinski definition) is 4. The number of methoxy groups -OCH3 is 1. The Morgan fingerprint density at radius 3 is 2.71 bits per heavy atom. The van der Waals surface area contributed by atoms with Gasteiger partial charge in [-0.25, -0.2) is 4.79 Å². The molecule has 1 saturated heterocycles. The van der Waals surface area contributed by atoms with Crippen molar-refractivity contribution in [3.05, 3.63) is 35.9 Å². The van der Waals surface area contributed by atoms with E-state index < -0.39 is 18.2 Å². The minimum Gasteiger partial charge on any atom is -0.453 e. The van der Waals surface area contributed by atoms with Crippen LogP contribution in [0.5, 0.6) is 0 Å². The van der Waals surface area contributed by atoms with E-state index in [4.69, 9.17) is 0 Å². The molecule has 1 aromatic carbocycles. The Labute approximate surface area is 123 Å². The molecular formula is C15H18N2O4. The van der Waals surface area contributed by atoms with Crippen LogP contribution in [-0.2, 0) is 14.3 Å². The lowest BCUT2D eigenvalue weighted by Gasteiger charge is -2.26. The van der Waals surface area contributed by atoms with E-state index in [9.17, 15) is 14.4 Å². The maximum absolute atomic E-state index is 12.7. The van der Waals surface area contributed by atoms with Gasteiger partial charge in [-0.1, -0.05) is 30.3 Å². The third kappa shape index (κ3) is 3.39. The number of hydrogen-bond donors (Lipinski definition) is 1. The van der Waals surface area contributed by atoms with Gasteiger partial charge in [-0.15, -0.1) is 0 Å². The van der Waals surface area contributed by atoms with Crippen LogP contribution < -0.4 is 5.32 Å². The highest BCUT2D eigenvalue weighted by atomic mass is 16.5. The zero-order valence-electron chi connectivity index (χ0n) is 11.8. The number of nitrogens with one attached hydrogen (secondary N) is 1. The fraction of sp³-hybridized carbons (Fsp3) is 0.400. The summed E-state index contributed by atoms with van der Waals surface area (Å²) >= 11 is 0. The quantitative estimate of drug-likeness (QED) is 0.847. The first-order valence-electron chi connectivity index (χ1n) is 6.82. The van der Waals surface area contributed by atoms with Crippen LogP contribution in [0.1, 0.15) is 24.4 Å². The van der Waals surface area contributed by atoms with E-state index >= 15 is 0 Å². The maximum atomic E-state index is 12.7. The third-order valence-corrected chi connectivity index (χ3v) is 3.57. The van der Waals surface area contributed by atoms with Gasteiger partial charge in [0, 0.05) is 6.54 Å². The van der Waals surface area contributed by atoms with E-state index in [-0.39, 0.29) is 5.91 Å². The van der Waals surface area contributed by atoms with Gasteiger partial charge in [0.05, 0.1) is 13.2 Å². The molecule has 0 spiro atoms. The molecule has 6 heteroatoms. The molecule has 0 saturated carbocycles. The molecule has 2 unspecified atom stereocenters. The second-order valence-corrected chi connectivity index (χ2v) is 4.86. The maximum Gasteiger partial charge on any atom is 0.407 e. The average molecular weight is 290 g/mol. The summed E-state index contributed by atoms with van der Waals surface area (Å²) in [5.41, 5.74) is 0.657. The second kappa shape index (κ2) is 6.88. The minimum atomic E-state index is -0.848. The lowest BCUT2D eigenvalue weighted by atomic mass is 10.1. The summed E-state index contributed by atoms with van der Waals surface area (Å²) in [7, 11) is 1.24. The molecule has 21 heavy (non-hydrogen) atoms. The number of rotatable bonds is 4. The van der Waals surface area contributed by atoms with Crippen molar-refractivity contribution < 1.29 is 19.1 Å². The second-order valence-electron chi connectivity index (χ2n) is 4.86. The van der Waals surface area contributed by atoms with Crippen LogP contribution >= 0.6 is 0 Å². The van der Waals surface area contributed by atoms with E-state index in [2.05, 4.69) is 10.1 Å².